The molecule has 0 bridgehead atoms. The van der Waals surface area contributed by atoms with Crippen molar-refractivity contribution >= 4 is 21.6 Å². The van der Waals surface area contributed by atoms with Gasteiger partial charge in [-0.25, -0.2) is 8.42 Å². The van der Waals surface area contributed by atoms with E-state index in [1.165, 1.54) is 38.5 Å². The molecule has 0 heterocycles. The molecule has 0 spiro atoms. The zero-order chi connectivity index (χ0) is 20.7. The van der Waals surface area contributed by atoms with Crippen molar-refractivity contribution in [3.63, 3.8) is 0 Å². The lowest BCUT2D eigenvalue weighted by atomic mass is 9.96. The predicted molar refractivity (Wildman–Crippen MR) is 114 cm³/mol. The number of rotatable bonds is 6. The number of carbonyl (C=O) groups excluding carboxylic acids is 1. The SMILES string of the molecule is COc1ccc(S(=O)(=O)Nc2cccc(C(=O)NC3CCCCCCC3)c2)cc1. The summed E-state index contributed by atoms with van der Waals surface area (Å²) in [4.78, 5) is 12.8. The molecule has 2 aromatic carbocycles. The number of anilines is 1. The molecule has 29 heavy (non-hydrogen) atoms. The van der Waals surface area contributed by atoms with E-state index in [1.54, 1.807) is 36.4 Å². The highest BCUT2D eigenvalue weighted by atomic mass is 32.2. The van der Waals surface area contributed by atoms with E-state index in [1.807, 2.05) is 0 Å². The van der Waals surface area contributed by atoms with Crippen LogP contribution in [0.2, 0.25) is 0 Å². The molecule has 1 saturated carbocycles. The Morgan fingerprint density at radius 3 is 2.28 bits per heavy atom. The summed E-state index contributed by atoms with van der Waals surface area (Å²) in [6, 6.07) is 12.9. The van der Waals surface area contributed by atoms with Crippen molar-refractivity contribution in [1.29, 1.82) is 0 Å². The van der Waals surface area contributed by atoms with E-state index in [9.17, 15) is 13.2 Å². The third-order valence-electron chi connectivity index (χ3n) is 5.19. The third-order valence-corrected chi connectivity index (χ3v) is 6.58. The minimum absolute atomic E-state index is 0.127. The number of sulfonamides is 1. The van der Waals surface area contributed by atoms with Crippen LogP contribution >= 0.6 is 0 Å². The van der Waals surface area contributed by atoms with E-state index in [0.717, 1.165) is 25.7 Å². The van der Waals surface area contributed by atoms with Gasteiger partial charge in [0.15, 0.2) is 0 Å². The van der Waals surface area contributed by atoms with Crippen molar-refractivity contribution in [2.45, 2.75) is 55.9 Å². The molecule has 6 nitrogen and oxygen atoms in total. The van der Waals surface area contributed by atoms with Crippen molar-refractivity contribution in [3.8, 4) is 5.75 Å². The van der Waals surface area contributed by atoms with Crippen molar-refractivity contribution in [3.05, 3.63) is 54.1 Å². The first-order chi connectivity index (χ1) is 14.0. The largest absolute Gasteiger partial charge is 0.497 e. The molecule has 1 amide bonds. The standard InChI is InChI=1S/C22H28N2O4S/c1-28-20-12-14-21(15-13-20)29(26,27)24-19-11-7-8-17(16-19)22(25)23-18-9-5-3-2-4-6-10-18/h7-8,11-16,18,24H,2-6,9-10H2,1H3,(H,23,25). The van der Waals surface area contributed by atoms with Gasteiger partial charge >= 0.3 is 0 Å². The van der Waals surface area contributed by atoms with Crippen LogP contribution in [0.4, 0.5) is 5.69 Å². The van der Waals surface area contributed by atoms with Gasteiger partial charge in [-0.05, 0) is 55.3 Å². The van der Waals surface area contributed by atoms with Gasteiger partial charge in [-0.3, -0.25) is 9.52 Å². The second-order valence-corrected chi connectivity index (χ2v) is 9.06. The zero-order valence-electron chi connectivity index (χ0n) is 16.7. The van der Waals surface area contributed by atoms with Gasteiger partial charge in [-0.1, -0.05) is 38.2 Å². The van der Waals surface area contributed by atoms with E-state index >= 15 is 0 Å². The highest BCUT2D eigenvalue weighted by Crippen LogP contribution is 2.21. The molecule has 1 fully saturated rings. The van der Waals surface area contributed by atoms with E-state index in [4.69, 9.17) is 4.74 Å². The molecule has 2 aromatic rings. The fraction of sp³-hybridized carbons (Fsp3) is 0.409. The summed E-state index contributed by atoms with van der Waals surface area (Å²) in [5.41, 5.74) is 0.799. The summed E-state index contributed by atoms with van der Waals surface area (Å²) in [6.45, 7) is 0. The van der Waals surface area contributed by atoms with Gasteiger partial charge < -0.3 is 10.1 Å². The van der Waals surface area contributed by atoms with E-state index in [2.05, 4.69) is 10.0 Å². The van der Waals surface area contributed by atoms with Crippen LogP contribution in [0.3, 0.4) is 0 Å². The van der Waals surface area contributed by atoms with E-state index in [-0.39, 0.29) is 16.8 Å². The number of hydrogen-bond acceptors (Lipinski definition) is 4. The lowest BCUT2D eigenvalue weighted by Crippen LogP contribution is -2.35. The molecule has 7 heteroatoms. The summed E-state index contributed by atoms with van der Waals surface area (Å²) < 4.78 is 32.8. The van der Waals surface area contributed by atoms with Gasteiger partial charge in [0.25, 0.3) is 15.9 Å². The Kier molecular flexibility index (Phi) is 7.14. The summed E-state index contributed by atoms with van der Waals surface area (Å²) >= 11 is 0. The Bertz CT molecular complexity index is 918. The number of methoxy groups -OCH3 is 1. The van der Waals surface area contributed by atoms with Gasteiger partial charge in [0.1, 0.15) is 5.75 Å². The monoisotopic (exact) mass is 416 g/mol. The van der Waals surface area contributed by atoms with Crippen molar-refractivity contribution in [2.24, 2.45) is 0 Å². The van der Waals surface area contributed by atoms with Gasteiger partial charge in [-0.2, -0.15) is 0 Å². The molecule has 0 radical (unpaired) electrons. The topological polar surface area (TPSA) is 84.5 Å². The second kappa shape index (κ2) is 9.78. The molecule has 0 unspecified atom stereocenters. The number of benzene rings is 2. The Morgan fingerprint density at radius 2 is 1.62 bits per heavy atom. The van der Waals surface area contributed by atoms with Crippen LogP contribution in [-0.4, -0.2) is 27.5 Å². The highest BCUT2D eigenvalue weighted by Gasteiger charge is 2.17. The first kappa shape index (κ1) is 21.2. The highest BCUT2D eigenvalue weighted by molar-refractivity contribution is 7.92. The number of amides is 1. The zero-order valence-corrected chi connectivity index (χ0v) is 17.5. The number of hydrogen-bond donors (Lipinski definition) is 2. The third kappa shape index (κ3) is 5.97. The molecule has 1 aliphatic carbocycles. The summed E-state index contributed by atoms with van der Waals surface area (Å²) in [5, 5.41) is 3.11. The Balaban J connectivity index is 1.68. The Labute approximate surface area is 172 Å². The van der Waals surface area contributed by atoms with Crippen LogP contribution in [0.5, 0.6) is 5.75 Å². The Hall–Kier alpha value is -2.54. The van der Waals surface area contributed by atoms with Crippen LogP contribution < -0.4 is 14.8 Å². The molecule has 3 rings (SSSR count). The molecule has 0 aliphatic heterocycles. The quantitative estimate of drug-likeness (QED) is 0.734. The van der Waals surface area contributed by atoms with Crippen LogP contribution in [0.1, 0.15) is 55.3 Å². The predicted octanol–water partition coefficient (Wildman–Crippen LogP) is 4.34. The van der Waals surface area contributed by atoms with Crippen molar-refractivity contribution in [1.82, 2.24) is 5.32 Å². The first-order valence-corrected chi connectivity index (χ1v) is 11.5. The first-order valence-electron chi connectivity index (χ1n) is 10.1. The smallest absolute Gasteiger partial charge is 0.261 e. The summed E-state index contributed by atoms with van der Waals surface area (Å²) in [6.07, 6.45) is 7.96. The molecule has 0 saturated heterocycles. The molecule has 1 aliphatic rings. The molecule has 2 N–H and O–H groups in total. The molecule has 0 aromatic heterocycles. The minimum atomic E-state index is -3.75. The van der Waals surface area contributed by atoms with Gasteiger partial charge in [-0.15, -0.1) is 0 Å². The van der Waals surface area contributed by atoms with Gasteiger partial charge in [0.2, 0.25) is 0 Å². The number of carbonyl (C=O) groups is 1. The molecular weight excluding hydrogens is 388 g/mol. The number of nitrogens with one attached hydrogen (secondary N) is 2. The van der Waals surface area contributed by atoms with Crippen molar-refractivity contribution < 1.29 is 17.9 Å². The number of ether oxygens (including phenoxy) is 1. The van der Waals surface area contributed by atoms with Crippen LogP contribution in [-0.2, 0) is 10.0 Å². The van der Waals surface area contributed by atoms with Crippen LogP contribution in [0, 0.1) is 0 Å². The summed E-state index contributed by atoms with van der Waals surface area (Å²) in [7, 11) is -2.23. The van der Waals surface area contributed by atoms with Gasteiger partial charge in [0, 0.05) is 17.3 Å². The molecular formula is C22H28N2O4S. The van der Waals surface area contributed by atoms with E-state index in [0.29, 0.717) is 17.0 Å². The summed E-state index contributed by atoms with van der Waals surface area (Å²) in [5.74, 6) is 0.415. The molecule has 0 atom stereocenters. The average molecular weight is 417 g/mol. The average Bonchev–Trinajstić information content (AvgIpc) is 2.70. The maximum Gasteiger partial charge on any atom is 0.261 e. The van der Waals surface area contributed by atoms with E-state index < -0.39 is 10.0 Å². The maximum atomic E-state index is 12.7. The van der Waals surface area contributed by atoms with Crippen LogP contribution in [0.15, 0.2) is 53.4 Å². The van der Waals surface area contributed by atoms with Crippen molar-refractivity contribution in [2.75, 3.05) is 11.8 Å². The van der Waals surface area contributed by atoms with Crippen LogP contribution in [0.25, 0.3) is 0 Å². The lowest BCUT2D eigenvalue weighted by Gasteiger charge is -2.21. The fourth-order valence-electron chi connectivity index (χ4n) is 3.56. The fourth-order valence-corrected chi connectivity index (χ4v) is 4.61. The lowest BCUT2D eigenvalue weighted by molar-refractivity contribution is 0.0930. The normalized spacial score (nSPS) is 15.8. The second-order valence-electron chi connectivity index (χ2n) is 7.38. The minimum Gasteiger partial charge on any atom is -0.497 e. The Morgan fingerprint density at radius 1 is 0.966 bits per heavy atom. The van der Waals surface area contributed by atoms with Gasteiger partial charge in [0.05, 0.1) is 12.0 Å². The maximum absolute atomic E-state index is 12.7. The molecule has 156 valence electrons.